The zero-order chi connectivity index (χ0) is 19.1. The van der Waals surface area contributed by atoms with Gasteiger partial charge in [0.15, 0.2) is 5.82 Å². The molecule has 1 saturated carbocycles. The van der Waals surface area contributed by atoms with E-state index in [4.69, 9.17) is 15.0 Å². The molecule has 1 aliphatic carbocycles. The number of benzene rings is 1. The zero-order valence-electron chi connectivity index (χ0n) is 15.6. The third-order valence-electron chi connectivity index (χ3n) is 5.34. The molecule has 7 nitrogen and oxygen atoms in total. The van der Waals surface area contributed by atoms with Gasteiger partial charge in [-0.3, -0.25) is 0 Å². The van der Waals surface area contributed by atoms with Crippen molar-refractivity contribution in [3.05, 3.63) is 65.9 Å². The van der Waals surface area contributed by atoms with Crippen molar-refractivity contribution in [1.82, 2.24) is 19.5 Å². The Morgan fingerprint density at radius 2 is 2.04 bits per heavy atom. The predicted molar refractivity (Wildman–Crippen MR) is 104 cm³/mol. The number of para-hydroxylation sites is 1. The van der Waals surface area contributed by atoms with E-state index >= 15 is 0 Å². The van der Waals surface area contributed by atoms with E-state index in [0.29, 0.717) is 24.1 Å². The SMILES string of the molecule is Cc1cccn2cc(COc3ccccc3-c3nc(C4(N)CCC4)no3)nc12. The van der Waals surface area contributed by atoms with Gasteiger partial charge in [0.1, 0.15) is 18.0 Å². The average Bonchev–Trinajstić information content (AvgIpc) is 3.33. The van der Waals surface area contributed by atoms with Gasteiger partial charge in [0.05, 0.1) is 16.8 Å². The molecule has 142 valence electrons. The predicted octanol–water partition coefficient (Wildman–Crippen LogP) is 3.61. The minimum Gasteiger partial charge on any atom is -0.486 e. The lowest BCUT2D eigenvalue weighted by Gasteiger charge is -2.34. The van der Waals surface area contributed by atoms with Crippen molar-refractivity contribution in [1.29, 1.82) is 0 Å². The lowest BCUT2D eigenvalue weighted by Crippen LogP contribution is -2.44. The summed E-state index contributed by atoms with van der Waals surface area (Å²) in [6.07, 6.45) is 6.83. The number of aromatic nitrogens is 4. The molecule has 0 spiro atoms. The number of nitrogens with zero attached hydrogens (tertiary/aromatic N) is 4. The summed E-state index contributed by atoms with van der Waals surface area (Å²) < 4.78 is 13.5. The number of fused-ring (bicyclic) bond motifs is 1. The Bertz CT molecular complexity index is 1140. The molecule has 28 heavy (non-hydrogen) atoms. The number of nitrogens with two attached hydrogens (primary N) is 1. The van der Waals surface area contributed by atoms with E-state index in [1.165, 1.54) is 0 Å². The normalized spacial score (nSPS) is 15.5. The summed E-state index contributed by atoms with van der Waals surface area (Å²) in [4.78, 5) is 9.19. The van der Waals surface area contributed by atoms with Crippen molar-refractivity contribution >= 4 is 5.65 Å². The van der Waals surface area contributed by atoms with Crippen LogP contribution in [0.3, 0.4) is 0 Å². The summed E-state index contributed by atoms with van der Waals surface area (Å²) in [5, 5.41) is 4.10. The van der Waals surface area contributed by atoms with E-state index in [1.54, 1.807) is 0 Å². The molecule has 0 amide bonds. The van der Waals surface area contributed by atoms with Gasteiger partial charge in [-0.15, -0.1) is 0 Å². The molecule has 7 heteroatoms. The highest BCUT2D eigenvalue weighted by Crippen LogP contribution is 2.38. The van der Waals surface area contributed by atoms with Crippen LogP contribution < -0.4 is 10.5 Å². The van der Waals surface area contributed by atoms with Gasteiger partial charge >= 0.3 is 0 Å². The van der Waals surface area contributed by atoms with Crippen LogP contribution in [0.1, 0.15) is 36.3 Å². The number of hydrogen-bond acceptors (Lipinski definition) is 6. The van der Waals surface area contributed by atoms with Crippen molar-refractivity contribution < 1.29 is 9.26 Å². The van der Waals surface area contributed by atoms with Crippen LogP contribution >= 0.6 is 0 Å². The number of rotatable bonds is 5. The summed E-state index contributed by atoms with van der Waals surface area (Å²) in [5.41, 5.74) is 9.52. The maximum Gasteiger partial charge on any atom is 0.261 e. The number of pyridine rings is 1. The van der Waals surface area contributed by atoms with Gasteiger partial charge in [0, 0.05) is 12.4 Å². The topological polar surface area (TPSA) is 91.5 Å². The minimum absolute atomic E-state index is 0.347. The van der Waals surface area contributed by atoms with E-state index in [-0.39, 0.29) is 0 Å². The van der Waals surface area contributed by atoms with E-state index in [2.05, 4.69) is 15.1 Å². The van der Waals surface area contributed by atoms with Gasteiger partial charge in [-0.05, 0) is 49.9 Å². The van der Waals surface area contributed by atoms with E-state index in [1.807, 2.05) is 60.1 Å². The summed E-state index contributed by atoms with van der Waals surface area (Å²) >= 11 is 0. The second-order valence-electron chi connectivity index (χ2n) is 7.37. The van der Waals surface area contributed by atoms with Gasteiger partial charge < -0.3 is 19.4 Å². The first-order valence-corrected chi connectivity index (χ1v) is 9.41. The Balaban J connectivity index is 1.40. The Hall–Kier alpha value is -3.19. The van der Waals surface area contributed by atoms with Crippen LogP contribution in [0.15, 0.2) is 53.3 Å². The molecule has 0 bridgehead atoms. The highest BCUT2D eigenvalue weighted by atomic mass is 16.5. The van der Waals surface area contributed by atoms with Crippen LogP contribution in [0, 0.1) is 6.92 Å². The molecular formula is C21H21N5O2. The Morgan fingerprint density at radius 1 is 1.18 bits per heavy atom. The molecule has 3 heterocycles. The molecule has 1 fully saturated rings. The Labute approximate surface area is 162 Å². The molecule has 4 aromatic rings. The number of hydrogen-bond donors (Lipinski definition) is 1. The maximum absolute atomic E-state index is 6.31. The maximum atomic E-state index is 6.31. The fourth-order valence-corrected chi connectivity index (χ4v) is 3.51. The first-order valence-electron chi connectivity index (χ1n) is 9.41. The van der Waals surface area contributed by atoms with Crippen LogP contribution in [0.5, 0.6) is 5.75 Å². The number of imidazole rings is 1. The van der Waals surface area contributed by atoms with Crippen molar-refractivity contribution in [2.45, 2.75) is 38.3 Å². The largest absolute Gasteiger partial charge is 0.486 e. The van der Waals surface area contributed by atoms with Gasteiger partial charge in [-0.1, -0.05) is 23.4 Å². The molecule has 5 rings (SSSR count). The second-order valence-corrected chi connectivity index (χ2v) is 7.37. The molecule has 1 aromatic carbocycles. The van der Waals surface area contributed by atoms with Crippen molar-refractivity contribution in [2.24, 2.45) is 5.73 Å². The number of aryl methyl sites for hydroxylation is 1. The van der Waals surface area contributed by atoms with Crippen molar-refractivity contribution in [2.75, 3.05) is 0 Å². The van der Waals surface area contributed by atoms with Crippen LogP contribution in [0.25, 0.3) is 17.1 Å². The summed E-state index contributed by atoms with van der Waals surface area (Å²) in [6, 6.07) is 11.7. The fourth-order valence-electron chi connectivity index (χ4n) is 3.51. The molecule has 0 unspecified atom stereocenters. The van der Waals surface area contributed by atoms with Crippen LogP contribution in [-0.4, -0.2) is 19.5 Å². The van der Waals surface area contributed by atoms with E-state index < -0.39 is 5.54 Å². The minimum atomic E-state index is -0.452. The van der Waals surface area contributed by atoms with E-state index in [0.717, 1.165) is 41.7 Å². The summed E-state index contributed by atoms with van der Waals surface area (Å²) in [5.74, 6) is 1.67. The lowest BCUT2D eigenvalue weighted by atomic mass is 9.77. The lowest BCUT2D eigenvalue weighted by molar-refractivity contribution is 0.229. The Morgan fingerprint density at radius 3 is 2.82 bits per heavy atom. The van der Waals surface area contributed by atoms with Gasteiger partial charge in [-0.2, -0.15) is 4.98 Å². The van der Waals surface area contributed by atoms with Crippen molar-refractivity contribution in [3.8, 4) is 17.2 Å². The number of ether oxygens (including phenoxy) is 1. The highest BCUT2D eigenvalue weighted by Gasteiger charge is 2.39. The smallest absolute Gasteiger partial charge is 0.261 e. The molecule has 0 atom stereocenters. The third-order valence-corrected chi connectivity index (χ3v) is 5.34. The van der Waals surface area contributed by atoms with E-state index in [9.17, 15) is 0 Å². The Kier molecular flexibility index (Phi) is 3.91. The van der Waals surface area contributed by atoms with Gasteiger partial charge in [0.25, 0.3) is 5.89 Å². The van der Waals surface area contributed by atoms with Crippen LogP contribution in [0.4, 0.5) is 0 Å². The molecule has 3 aromatic heterocycles. The fraction of sp³-hybridized carbons (Fsp3) is 0.286. The molecule has 0 aliphatic heterocycles. The molecule has 0 saturated heterocycles. The van der Waals surface area contributed by atoms with Crippen LogP contribution in [0.2, 0.25) is 0 Å². The highest BCUT2D eigenvalue weighted by molar-refractivity contribution is 5.62. The standard InChI is InChI=1S/C21H21N5O2/c1-14-6-4-11-26-12-15(23-18(14)26)13-27-17-8-3-2-7-16(17)19-24-20(25-28-19)21(22)9-5-10-21/h2-4,6-8,11-12H,5,9-10,13,22H2,1H3. The third kappa shape index (κ3) is 2.84. The second kappa shape index (κ2) is 6.45. The molecule has 2 N–H and O–H groups in total. The zero-order valence-corrected chi connectivity index (χ0v) is 15.6. The molecule has 1 aliphatic rings. The van der Waals surface area contributed by atoms with Crippen LogP contribution in [-0.2, 0) is 12.1 Å². The quantitative estimate of drug-likeness (QED) is 0.573. The molecular weight excluding hydrogens is 354 g/mol. The van der Waals surface area contributed by atoms with Gasteiger partial charge in [-0.25, -0.2) is 4.98 Å². The molecule has 0 radical (unpaired) electrons. The summed E-state index contributed by atoms with van der Waals surface area (Å²) in [6.45, 7) is 2.39. The van der Waals surface area contributed by atoms with Gasteiger partial charge in [0.2, 0.25) is 0 Å². The monoisotopic (exact) mass is 375 g/mol. The first-order chi connectivity index (χ1) is 13.6. The first kappa shape index (κ1) is 16.9. The van der Waals surface area contributed by atoms with Crippen molar-refractivity contribution in [3.63, 3.8) is 0 Å². The average molecular weight is 375 g/mol. The summed E-state index contributed by atoms with van der Waals surface area (Å²) in [7, 11) is 0.